The number of anilines is 5. The van der Waals surface area contributed by atoms with E-state index in [1.54, 1.807) is 55.6 Å². The van der Waals surface area contributed by atoms with Crippen molar-refractivity contribution in [1.82, 2.24) is 9.97 Å². The SMILES string of the molecule is CCCS(=O)(=O)Nc1cc(C(C)(C)C)cc(NC(=O)C(=O)c2ccc(Nc3ccnc(N4CCOCC4)n3)c3ccccc23)c1OC. The lowest BCUT2D eigenvalue weighted by molar-refractivity contribution is -0.112. The maximum Gasteiger partial charge on any atom is 0.296 e. The van der Waals surface area contributed by atoms with Gasteiger partial charge in [-0.05, 0) is 53.1 Å². The molecule has 4 aromatic rings. The summed E-state index contributed by atoms with van der Waals surface area (Å²) in [5.74, 6) is -0.461. The normalized spacial score (nSPS) is 13.7. The van der Waals surface area contributed by atoms with Gasteiger partial charge in [0, 0.05) is 35.9 Å². The van der Waals surface area contributed by atoms with Crippen LogP contribution in [0.25, 0.3) is 10.8 Å². The predicted molar refractivity (Wildman–Crippen MR) is 185 cm³/mol. The second-order valence-corrected chi connectivity index (χ2v) is 14.1. The number of rotatable bonds is 11. The van der Waals surface area contributed by atoms with Crippen LogP contribution in [0.1, 0.15) is 50.0 Å². The Morgan fingerprint density at radius 3 is 2.36 bits per heavy atom. The van der Waals surface area contributed by atoms with Gasteiger partial charge in [0.25, 0.3) is 11.7 Å². The molecule has 1 aliphatic rings. The van der Waals surface area contributed by atoms with Gasteiger partial charge < -0.3 is 25.0 Å². The highest BCUT2D eigenvalue weighted by atomic mass is 32.2. The van der Waals surface area contributed by atoms with Crippen LogP contribution in [0.5, 0.6) is 5.75 Å². The zero-order valence-electron chi connectivity index (χ0n) is 27.2. The molecule has 1 saturated heterocycles. The van der Waals surface area contributed by atoms with E-state index in [1.807, 2.05) is 32.9 Å². The number of methoxy groups -OCH3 is 1. The van der Waals surface area contributed by atoms with Crippen molar-refractivity contribution in [3.05, 3.63) is 71.9 Å². The molecule has 0 bridgehead atoms. The first-order chi connectivity index (χ1) is 22.4. The zero-order chi connectivity index (χ0) is 33.8. The van der Waals surface area contributed by atoms with Crippen LogP contribution in [0.2, 0.25) is 0 Å². The number of ketones is 1. The van der Waals surface area contributed by atoms with E-state index in [0.29, 0.717) is 55.6 Å². The number of nitrogens with one attached hydrogen (secondary N) is 3. The van der Waals surface area contributed by atoms with Crippen LogP contribution >= 0.6 is 0 Å². The molecule has 0 radical (unpaired) electrons. The molecular formula is C34H40N6O6S. The molecular weight excluding hydrogens is 620 g/mol. The fourth-order valence-electron chi connectivity index (χ4n) is 5.32. The highest BCUT2D eigenvalue weighted by molar-refractivity contribution is 7.92. The van der Waals surface area contributed by atoms with Crippen LogP contribution in [0, 0.1) is 0 Å². The smallest absolute Gasteiger partial charge is 0.296 e. The molecule has 1 aliphatic heterocycles. The summed E-state index contributed by atoms with van der Waals surface area (Å²) in [6.45, 7) is 10.3. The maximum absolute atomic E-state index is 13.7. The number of ether oxygens (including phenoxy) is 2. The van der Waals surface area contributed by atoms with Crippen molar-refractivity contribution in [2.75, 3.05) is 59.4 Å². The van der Waals surface area contributed by atoms with E-state index in [9.17, 15) is 18.0 Å². The average molecular weight is 661 g/mol. The van der Waals surface area contributed by atoms with Crippen molar-refractivity contribution in [2.24, 2.45) is 0 Å². The predicted octanol–water partition coefficient (Wildman–Crippen LogP) is 5.49. The van der Waals surface area contributed by atoms with Crippen molar-refractivity contribution in [3.63, 3.8) is 0 Å². The maximum atomic E-state index is 13.7. The number of aromatic nitrogens is 2. The molecule has 3 N–H and O–H groups in total. The summed E-state index contributed by atoms with van der Waals surface area (Å²) in [5.41, 5.74) is 1.58. The first-order valence-corrected chi connectivity index (χ1v) is 17.1. The highest BCUT2D eigenvalue weighted by Crippen LogP contribution is 2.39. The molecule has 1 fully saturated rings. The van der Waals surface area contributed by atoms with Gasteiger partial charge in [-0.3, -0.25) is 14.3 Å². The molecule has 0 unspecified atom stereocenters. The Balaban J connectivity index is 1.45. The van der Waals surface area contributed by atoms with Crippen LogP contribution < -0.4 is 25.0 Å². The number of benzene rings is 3. The minimum absolute atomic E-state index is 0.0831. The minimum Gasteiger partial charge on any atom is -0.492 e. The Kier molecular flexibility index (Phi) is 9.96. The van der Waals surface area contributed by atoms with E-state index < -0.39 is 27.1 Å². The molecule has 12 nitrogen and oxygen atoms in total. The summed E-state index contributed by atoms with van der Waals surface area (Å²) in [5, 5.41) is 7.32. The summed E-state index contributed by atoms with van der Waals surface area (Å²) in [4.78, 5) is 38.4. The number of carbonyl (C=O) groups is 2. The fourth-order valence-corrected chi connectivity index (χ4v) is 6.44. The number of amides is 1. The van der Waals surface area contributed by atoms with Crippen LogP contribution in [0.3, 0.4) is 0 Å². The van der Waals surface area contributed by atoms with Gasteiger partial charge in [-0.25, -0.2) is 13.4 Å². The summed E-state index contributed by atoms with van der Waals surface area (Å²) in [6.07, 6.45) is 2.11. The number of nitrogens with zero attached hydrogens (tertiary/aromatic N) is 3. The first kappa shape index (κ1) is 33.6. The number of fused-ring (bicyclic) bond motifs is 1. The Labute approximate surface area is 274 Å². The lowest BCUT2D eigenvalue weighted by atomic mass is 9.86. The third-order valence-corrected chi connectivity index (χ3v) is 9.20. The quantitative estimate of drug-likeness (QED) is 0.139. The van der Waals surface area contributed by atoms with E-state index in [2.05, 4.69) is 30.2 Å². The summed E-state index contributed by atoms with van der Waals surface area (Å²) in [7, 11) is -2.30. The van der Waals surface area contributed by atoms with Crippen molar-refractivity contribution in [1.29, 1.82) is 0 Å². The van der Waals surface area contributed by atoms with Gasteiger partial charge in [0.2, 0.25) is 16.0 Å². The first-order valence-electron chi connectivity index (χ1n) is 15.4. The second-order valence-electron chi connectivity index (χ2n) is 12.2. The van der Waals surface area contributed by atoms with Gasteiger partial charge in [-0.15, -0.1) is 0 Å². The van der Waals surface area contributed by atoms with Crippen molar-refractivity contribution in [3.8, 4) is 5.75 Å². The molecule has 2 heterocycles. The van der Waals surface area contributed by atoms with Crippen LogP contribution in [0.4, 0.5) is 28.8 Å². The number of carbonyl (C=O) groups excluding carboxylic acids is 2. The fraction of sp³-hybridized carbons (Fsp3) is 0.353. The van der Waals surface area contributed by atoms with Gasteiger partial charge in [-0.2, -0.15) is 4.98 Å². The molecule has 0 atom stereocenters. The summed E-state index contributed by atoms with van der Waals surface area (Å²) < 4.78 is 39.0. The van der Waals surface area contributed by atoms with Gasteiger partial charge in [-0.1, -0.05) is 52.0 Å². The van der Waals surface area contributed by atoms with Gasteiger partial charge in [0.05, 0.1) is 37.5 Å². The monoisotopic (exact) mass is 660 g/mol. The number of morpholine rings is 1. The Morgan fingerprint density at radius 1 is 0.979 bits per heavy atom. The largest absolute Gasteiger partial charge is 0.492 e. The molecule has 0 aliphatic carbocycles. The lowest BCUT2D eigenvalue weighted by Gasteiger charge is -2.26. The van der Waals surface area contributed by atoms with E-state index in [0.717, 1.165) is 10.9 Å². The Hall–Kier alpha value is -4.75. The van der Waals surface area contributed by atoms with Crippen molar-refractivity contribution in [2.45, 2.75) is 39.5 Å². The van der Waals surface area contributed by atoms with E-state index in [-0.39, 0.29) is 28.4 Å². The lowest BCUT2D eigenvalue weighted by Crippen LogP contribution is -2.37. The van der Waals surface area contributed by atoms with Gasteiger partial charge in [0.1, 0.15) is 5.82 Å². The summed E-state index contributed by atoms with van der Waals surface area (Å²) >= 11 is 0. The molecule has 5 rings (SSSR count). The molecule has 1 amide bonds. The molecule has 248 valence electrons. The molecule has 1 aromatic heterocycles. The highest BCUT2D eigenvalue weighted by Gasteiger charge is 2.26. The summed E-state index contributed by atoms with van der Waals surface area (Å²) in [6, 6.07) is 15.8. The Morgan fingerprint density at radius 2 is 1.68 bits per heavy atom. The standard InChI is InChI=1S/C34H40N6O6S/c1-6-19-47(43,44)39-28-21-22(34(2,3)4)20-27(31(28)45-5)37-32(42)30(41)25-11-12-26(24-10-8-7-9-23(24)25)36-29-13-14-35-33(38-29)40-15-17-46-18-16-40/h7-14,20-21,39H,6,15-19H2,1-5H3,(H,37,42)(H,35,36,38). The van der Waals surface area contributed by atoms with Crippen LogP contribution in [-0.2, 0) is 25.0 Å². The van der Waals surface area contributed by atoms with Crippen LogP contribution in [-0.4, -0.2) is 69.2 Å². The third kappa shape index (κ3) is 7.80. The Bertz CT molecular complexity index is 1900. The molecule has 0 spiro atoms. The number of hydrogen-bond donors (Lipinski definition) is 3. The van der Waals surface area contributed by atoms with Crippen LogP contribution in [0.15, 0.2) is 60.8 Å². The van der Waals surface area contributed by atoms with Crippen molar-refractivity contribution >= 4 is 61.3 Å². The van der Waals surface area contributed by atoms with E-state index in [1.165, 1.54) is 7.11 Å². The third-order valence-electron chi connectivity index (χ3n) is 7.72. The van der Waals surface area contributed by atoms with E-state index in [4.69, 9.17) is 9.47 Å². The molecule has 13 heteroatoms. The van der Waals surface area contributed by atoms with E-state index >= 15 is 0 Å². The van der Waals surface area contributed by atoms with Crippen molar-refractivity contribution < 1.29 is 27.5 Å². The number of hydrogen-bond acceptors (Lipinski definition) is 10. The minimum atomic E-state index is -3.67. The molecule has 47 heavy (non-hydrogen) atoms. The number of sulfonamides is 1. The topological polar surface area (TPSA) is 152 Å². The van der Waals surface area contributed by atoms with Gasteiger partial charge >= 0.3 is 0 Å². The second kappa shape index (κ2) is 13.9. The van der Waals surface area contributed by atoms with Gasteiger partial charge in [0.15, 0.2) is 5.75 Å². The zero-order valence-corrected chi connectivity index (χ0v) is 28.0. The average Bonchev–Trinajstić information content (AvgIpc) is 3.04. The number of Topliss-reactive ketones (excluding diaryl/α,β-unsaturated/α-hetero) is 1. The molecule has 0 saturated carbocycles. The molecule has 3 aromatic carbocycles.